The second-order valence-corrected chi connectivity index (χ2v) is 7.07. The molecule has 152 valence electrons. The first kappa shape index (κ1) is 21.7. The zero-order valence-electron chi connectivity index (χ0n) is 16.0. The van der Waals surface area contributed by atoms with Crippen LogP contribution in [0.25, 0.3) is 0 Å². The van der Waals surface area contributed by atoms with Gasteiger partial charge in [-0.15, -0.1) is 0 Å². The fourth-order valence-electron chi connectivity index (χ4n) is 2.91. The van der Waals surface area contributed by atoms with Crippen LogP contribution in [0.3, 0.4) is 0 Å². The quantitative estimate of drug-likeness (QED) is 0.552. The third-order valence-corrected chi connectivity index (χ3v) is 4.46. The molecule has 1 unspecified atom stereocenters. The second-order valence-electron chi connectivity index (χ2n) is 7.07. The SMILES string of the molecule is CC(C)c1cncc(CNC(c2cc(F)cc(F)c2)[C@H](O)[C@H](C)NC(=O)O)c1. The molecule has 6 nitrogen and oxygen atoms in total. The highest BCUT2D eigenvalue weighted by molar-refractivity contribution is 5.64. The Morgan fingerprint density at radius 3 is 2.29 bits per heavy atom. The zero-order valence-corrected chi connectivity index (χ0v) is 16.0. The molecule has 4 N–H and O–H groups in total. The van der Waals surface area contributed by atoms with Gasteiger partial charge in [0.25, 0.3) is 0 Å². The van der Waals surface area contributed by atoms with Gasteiger partial charge in [0.15, 0.2) is 0 Å². The molecule has 3 atom stereocenters. The van der Waals surface area contributed by atoms with Crippen LogP contribution in [0, 0.1) is 11.6 Å². The Morgan fingerprint density at radius 2 is 1.71 bits per heavy atom. The minimum atomic E-state index is -1.30. The van der Waals surface area contributed by atoms with Crippen molar-refractivity contribution in [2.75, 3.05) is 0 Å². The van der Waals surface area contributed by atoms with Crippen molar-refractivity contribution in [3.63, 3.8) is 0 Å². The number of nitrogens with zero attached hydrogens (tertiary/aromatic N) is 1. The number of amides is 1. The number of carbonyl (C=O) groups is 1. The van der Waals surface area contributed by atoms with Gasteiger partial charge in [-0.25, -0.2) is 13.6 Å². The number of benzene rings is 1. The van der Waals surface area contributed by atoms with Crippen molar-refractivity contribution in [2.45, 2.75) is 51.4 Å². The number of carboxylic acid groups (broad SMARTS) is 1. The molecule has 2 rings (SSSR count). The molecule has 1 aromatic carbocycles. The Hall–Kier alpha value is -2.58. The van der Waals surface area contributed by atoms with Gasteiger partial charge in [-0.1, -0.05) is 19.9 Å². The molecule has 0 bridgehead atoms. The lowest BCUT2D eigenvalue weighted by Crippen LogP contribution is -2.47. The molecule has 0 saturated heterocycles. The van der Waals surface area contributed by atoms with Crippen molar-refractivity contribution in [1.29, 1.82) is 0 Å². The summed E-state index contributed by atoms with van der Waals surface area (Å²) in [6, 6.07) is 3.14. The molecule has 0 aliphatic rings. The van der Waals surface area contributed by atoms with E-state index < -0.39 is 35.9 Å². The molecule has 0 aliphatic carbocycles. The maximum atomic E-state index is 13.7. The van der Waals surface area contributed by atoms with E-state index >= 15 is 0 Å². The van der Waals surface area contributed by atoms with E-state index in [-0.39, 0.29) is 18.0 Å². The topological polar surface area (TPSA) is 94.5 Å². The molecule has 0 spiro atoms. The normalized spacial score (nSPS) is 14.5. The fourth-order valence-corrected chi connectivity index (χ4v) is 2.91. The van der Waals surface area contributed by atoms with Gasteiger partial charge < -0.3 is 20.8 Å². The van der Waals surface area contributed by atoms with E-state index in [1.165, 1.54) is 6.92 Å². The third kappa shape index (κ3) is 5.97. The number of aliphatic hydroxyl groups is 1. The van der Waals surface area contributed by atoms with Crippen LogP contribution in [-0.2, 0) is 6.54 Å². The molecule has 1 heterocycles. The molecule has 0 aliphatic heterocycles. The third-order valence-electron chi connectivity index (χ3n) is 4.46. The largest absolute Gasteiger partial charge is 0.465 e. The summed E-state index contributed by atoms with van der Waals surface area (Å²) in [6.45, 7) is 5.82. The predicted octanol–water partition coefficient (Wildman–Crippen LogP) is 3.33. The number of pyridine rings is 1. The number of aromatic nitrogens is 1. The lowest BCUT2D eigenvalue weighted by molar-refractivity contribution is 0.0889. The van der Waals surface area contributed by atoms with Crippen molar-refractivity contribution >= 4 is 6.09 Å². The standard InChI is InChI=1S/C20H25F2N3O3/c1-11(2)15-4-13(8-23-10-15)9-24-18(19(26)12(3)25-20(27)28)14-5-16(21)7-17(22)6-14/h4-8,10-12,18-19,24-26H,9H2,1-3H3,(H,27,28)/t12-,18?,19+/m0/s1. The Kier molecular flexibility index (Phi) is 7.42. The molecule has 0 fully saturated rings. The van der Waals surface area contributed by atoms with Gasteiger partial charge >= 0.3 is 6.09 Å². The summed E-state index contributed by atoms with van der Waals surface area (Å²) >= 11 is 0. The number of rotatable bonds is 8. The molecule has 0 radical (unpaired) electrons. The molecule has 28 heavy (non-hydrogen) atoms. The van der Waals surface area contributed by atoms with Gasteiger partial charge in [0.05, 0.1) is 18.2 Å². The summed E-state index contributed by atoms with van der Waals surface area (Å²) in [7, 11) is 0. The number of aliphatic hydroxyl groups excluding tert-OH is 1. The lowest BCUT2D eigenvalue weighted by atomic mass is 9.96. The average Bonchev–Trinajstić information content (AvgIpc) is 2.60. The van der Waals surface area contributed by atoms with Crippen LogP contribution in [0.15, 0.2) is 36.7 Å². The summed E-state index contributed by atoms with van der Waals surface area (Å²) in [5.41, 5.74) is 2.05. The molecule has 1 amide bonds. The molecule has 2 aromatic rings. The van der Waals surface area contributed by atoms with E-state index in [2.05, 4.69) is 15.6 Å². The van der Waals surface area contributed by atoms with Crippen LogP contribution < -0.4 is 10.6 Å². The minimum Gasteiger partial charge on any atom is -0.465 e. The molecule has 8 heteroatoms. The maximum absolute atomic E-state index is 13.7. The first-order chi connectivity index (χ1) is 13.2. The van der Waals surface area contributed by atoms with E-state index in [1.807, 2.05) is 19.9 Å². The molecular formula is C20H25F2N3O3. The summed E-state index contributed by atoms with van der Waals surface area (Å²) in [6.07, 6.45) is 0.859. The maximum Gasteiger partial charge on any atom is 0.404 e. The van der Waals surface area contributed by atoms with Crippen LogP contribution in [0.1, 0.15) is 49.4 Å². The highest BCUT2D eigenvalue weighted by Crippen LogP contribution is 2.23. The van der Waals surface area contributed by atoms with Crippen LogP contribution in [0.5, 0.6) is 0 Å². The van der Waals surface area contributed by atoms with Crippen molar-refractivity contribution < 1.29 is 23.8 Å². The zero-order chi connectivity index (χ0) is 20.8. The second kappa shape index (κ2) is 9.57. The van der Waals surface area contributed by atoms with Gasteiger partial charge in [0.1, 0.15) is 11.6 Å². The summed E-state index contributed by atoms with van der Waals surface area (Å²) in [5.74, 6) is -1.28. The Morgan fingerprint density at radius 1 is 1.07 bits per heavy atom. The van der Waals surface area contributed by atoms with Crippen molar-refractivity contribution in [2.24, 2.45) is 0 Å². The van der Waals surface area contributed by atoms with Crippen molar-refractivity contribution in [3.8, 4) is 0 Å². The van der Waals surface area contributed by atoms with Gasteiger partial charge in [0.2, 0.25) is 0 Å². The number of halogens is 2. The smallest absolute Gasteiger partial charge is 0.404 e. The van der Waals surface area contributed by atoms with E-state index in [9.17, 15) is 18.7 Å². The van der Waals surface area contributed by atoms with Crippen molar-refractivity contribution in [3.05, 3.63) is 65.0 Å². The average molecular weight is 393 g/mol. The number of hydrogen-bond acceptors (Lipinski definition) is 4. The summed E-state index contributed by atoms with van der Waals surface area (Å²) in [4.78, 5) is 15.1. The Labute approximate surface area is 162 Å². The monoisotopic (exact) mass is 393 g/mol. The van der Waals surface area contributed by atoms with Crippen molar-refractivity contribution in [1.82, 2.24) is 15.6 Å². The molecule has 1 aromatic heterocycles. The summed E-state index contributed by atoms with van der Waals surface area (Å²) in [5, 5.41) is 24.8. The van der Waals surface area contributed by atoms with Gasteiger partial charge in [-0.05, 0) is 41.7 Å². The van der Waals surface area contributed by atoms with Gasteiger partial charge in [0, 0.05) is 25.0 Å². The van der Waals surface area contributed by atoms with Gasteiger partial charge in [-0.2, -0.15) is 0 Å². The highest BCUT2D eigenvalue weighted by atomic mass is 19.1. The van der Waals surface area contributed by atoms with E-state index in [4.69, 9.17) is 5.11 Å². The summed E-state index contributed by atoms with van der Waals surface area (Å²) < 4.78 is 27.4. The first-order valence-electron chi connectivity index (χ1n) is 8.98. The lowest BCUT2D eigenvalue weighted by Gasteiger charge is -2.29. The number of nitrogens with one attached hydrogen (secondary N) is 2. The van der Waals surface area contributed by atoms with Crippen LogP contribution in [-0.4, -0.2) is 33.4 Å². The molecule has 0 saturated carbocycles. The van der Waals surface area contributed by atoms with Gasteiger partial charge in [-0.3, -0.25) is 4.98 Å². The number of hydrogen-bond donors (Lipinski definition) is 4. The Bertz CT molecular complexity index is 797. The molecular weight excluding hydrogens is 368 g/mol. The van der Waals surface area contributed by atoms with E-state index in [1.54, 1.807) is 12.4 Å². The van der Waals surface area contributed by atoms with E-state index in [0.29, 0.717) is 0 Å². The highest BCUT2D eigenvalue weighted by Gasteiger charge is 2.28. The van der Waals surface area contributed by atoms with Crippen LogP contribution >= 0.6 is 0 Å². The fraction of sp³-hybridized carbons (Fsp3) is 0.400. The van der Waals surface area contributed by atoms with Crippen LogP contribution in [0.4, 0.5) is 13.6 Å². The minimum absolute atomic E-state index is 0.178. The first-order valence-corrected chi connectivity index (χ1v) is 8.98. The van der Waals surface area contributed by atoms with Crippen LogP contribution in [0.2, 0.25) is 0 Å². The van der Waals surface area contributed by atoms with E-state index in [0.717, 1.165) is 29.3 Å². The predicted molar refractivity (Wildman–Crippen MR) is 101 cm³/mol. The Balaban J connectivity index is 2.27.